The van der Waals surface area contributed by atoms with E-state index in [1.54, 1.807) is 19.4 Å². The molecule has 0 fully saturated rings. The monoisotopic (exact) mass is 498 g/mol. The molecular formula is C25H27BrN2O4. The molecule has 0 radical (unpaired) electrons. The van der Waals surface area contributed by atoms with Gasteiger partial charge in [-0.2, -0.15) is 5.10 Å². The van der Waals surface area contributed by atoms with Crippen LogP contribution >= 0.6 is 15.9 Å². The van der Waals surface area contributed by atoms with Crippen molar-refractivity contribution in [2.75, 3.05) is 13.7 Å². The van der Waals surface area contributed by atoms with E-state index in [0.29, 0.717) is 29.4 Å². The third-order valence-electron chi connectivity index (χ3n) is 4.92. The Kier molecular flexibility index (Phi) is 8.11. The fraction of sp³-hybridized carbons (Fsp3) is 0.280. The van der Waals surface area contributed by atoms with E-state index < -0.39 is 0 Å². The Labute approximate surface area is 196 Å². The predicted molar refractivity (Wildman–Crippen MR) is 131 cm³/mol. The van der Waals surface area contributed by atoms with E-state index in [4.69, 9.17) is 14.2 Å². The van der Waals surface area contributed by atoms with Crippen molar-refractivity contribution in [1.82, 2.24) is 5.43 Å². The van der Waals surface area contributed by atoms with Gasteiger partial charge in [0.25, 0.3) is 5.91 Å². The first-order valence-electron chi connectivity index (χ1n) is 10.5. The van der Waals surface area contributed by atoms with Gasteiger partial charge in [0.05, 0.1) is 36.1 Å². The number of fused-ring (bicyclic) bond motifs is 1. The van der Waals surface area contributed by atoms with Crippen LogP contribution in [0.3, 0.4) is 0 Å². The number of benzene rings is 3. The second-order valence-corrected chi connectivity index (χ2v) is 8.05. The van der Waals surface area contributed by atoms with E-state index in [9.17, 15) is 4.79 Å². The number of ether oxygens (including phenoxy) is 3. The average Bonchev–Trinajstić information content (AvgIpc) is 2.80. The molecule has 0 heterocycles. The Balaban J connectivity index is 1.81. The predicted octanol–water partition coefficient (Wildman–Crippen LogP) is 5.95. The zero-order chi connectivity index (χ0) is 23.1. The molecule has 0 spiro atoms. The molecule has 0 saturated heterocycles. The molecule has 0 saturated carbocycles. The number of hydrogen-bond acceptors (Lipinski definition) is 5. The normalized spacial score (nSPS) is 12.0. The molecule has 0 aliphatic carbocycles. The first kappa shape index (κ1) is 23.6. The van der Waals surface area contributed by atoms with Gasteiger partial charge in [-0.25, -0.2) is 5.43 Å². The van der Waals surface area contributed by atoms with Crippen molar-refractivity contribution < 1.29 is 19.0 Å². The van der Waals surface area contributed by atoms with Gasteiger partial charge in [0, 0.05) is 0 Å². The summed E-state index contributed by atoms with van der Waals surface area (Å²) in [5.41, 5.74) is 3.74. The summed E-state index contributed by atoms with van der Waals surface area (Å²) in [7, 11) is 1.54. The highest BCUT2D eigenvalue weighted by atomic mass is 79.9. The Morgan fingerprint density at radius 1 is 1.12 bits per heavy atom. The minimum Gasteiger partial charge on any atom is -0.496 e. The van der Waals surface area contributed by atoms with Crippen LogP contribution in [0, 0.1) is 0 Å². The van der Waals surface area contributed by atoms with Gasteiger partial charge < -0.3 is 14.2 Å². The summed E-state index contributed by atoms with van der Waals surface area (Å²) in [6.07, 6.45) is 2.50. The first-order chi connectivity index (χ1) is 15.5. The molecule has 3 aromatic rings. The number of nitrogens with one attached hydrogen (secondary N) is 1. The Hall–Kier alpha value is -3.06. The maximum atomic E-state index is 12.7. The lowest BCUT2D eigenvalue weighted by Gasteiger charge is -2.18. The summed E-state index contributed by atoms with van der Waals surface area (Å²) in [6.45, 7) is 6.49. The Bertz CT molecular complexity index is 1130. The number of carbonyl (C=O) groups excluding carboxylic acids is 1. The van der Waals surface area contributed by atoms with Gasteiger partial charge >= 0.3 is 0 Å². The lowest BCUT2D eigenvalue weighted by Crippen LogP contribution is -2.18. The summed E-state index contributed by atoms with van der Waals surface area (Å²) in [4.78, 5) is 12.7. The van der Waals surface area contributed by atoms with Crippen LogP contribution in [0.25, 0.3) is 10.8 Å². The van der Waals surface area contributed by atoms with Gasteiger partial charge in [-0.05, 0) is 76.8 Å². The van der Waals surface area contributed by atoms with Crippen molar-refractivity contribution in [3.8, 4) is 17.2 Å². The van der Waals surface area contributed by atoms with Gasteiger partial charge in [-0.1, -0.05) is 31.2 Å². The molecule has 1 amide bonds. The fourth-order valence-corrected chi connectivity index (χ4v) is 3.67. The van der Waals surface area contributed by atoms with E-state index >= 15 is 0 Å². The van der Waals surface area contributed by atoms with Crippen LogP contribution in [-0.4, -0.2) is 31.9 Å². The highest BCUT2D eigenvalue weighted by Gasteiger charge is 2.15. The van der Waals surface area contributed by atoms with Crippen LogP contribution < -0.4 is 19.6 Å². The van der Waals surface area contributed by atoms with E-state index in [1.807, 2.05) is 56.3 Å². The second-order valence-electron chi connectivity index (χ2n) is 7.20. The third kappa shape index (κ3) is 5.59. The summed E-state index contributed by atoms with van der Waals surface area (Å²) < 4.78 is 17.9. The number of methoxy groups -OCH3 is 1. The van der Waals surface area contributed by atoms with Gasteiger partial charge in [0.2, 0.25) is 0 Å². The van der Waals surface area contributed by atoms with Crippen LogP contribution in [0.15, 0.2) is 58.1 Å². The van der Waals surface area contributed by atoms with Crippen LogP contribution in [0.4, 0.5) is 0 Å². The summed E-state index contributed by atoms with van der Waals surface area (Å²) in [5, 5.41) is 6.07. The SMILES string of the molecule is CCOc1cc(/C=N\NC(=O)c2cc3ccccc3cc2OC)cc(Br)c1O[C@@H](C)CC. The largest absolute Gasteiger partial charge is 0.496 e. The summed E-state index contributed by atoms with van der Waals surface area (Å²) in [5.74, 6) is 1.41. The van der Waals surface area contributed by atoms with Crippen LogP contribution in [0.5, 0.6) is 17.2 Å². The zero-order valence-corrected chi connectivity index (χ0v) is 20.2. The standard InChI is InChI=1S/C25H27BrN2O4/c1-5-16(3)32-24-21(26)11-17(12-23(24)31-6-2)15-27-28-25(29)20-13-18-9-7-8-10-19(18)14-22(20)30-4/h7-16H,5-6H2,1-4H3,(H,28,29)/b27-15-/t16-/m0/s1. The molecule has 1 N–H and O–H groups in total. The Morgan fingerprint density at radius 3 is 2.50 bits per heavy atom. The molecule has 6 nitrogen and oxygen atoms in total. The van der Waals surface area contributed by atoms with Crippen molar-refractivity contribution in [1.29, 1.82) is 0 Å². The van der Waals surface area contributed by atoms with Crippen LogP contribution in [-0.2, 0) is 0 Å². The van der Waals surface area contributed by atoms with Gasteiger partial charge in [0.15, 0.2) is 11.5 Å². The number of amides is 1. The van der Waals surface area contributed by atoms with E-state index in [0.717, 1.165) is 27.2 Å². The summed E-state index contributed by atoms with van der Waals surface area (Å²) in [6, 6.07) is 15.1. The molecule has 7 heteroatoms. The lowest BCUT2D eigenvalue weighted by atomic mass is 10.1. The molecule has 3 aromatic carbocycles. The number of halogens is 1. The van der Waals surface area contributed by atoms with E-state index in [2.05, 4.69) is 33.4 Å². The van der Waals surface area contributed by atoms with E-state index in [1.165, 1.54) is 0 Å². The van der Waals surface area contributed by atoms with Gasteiger partial charge in [0.1, 0.15) is 5.75 Å². The maximum absolute atomic E-state index is 12.7. The minimum absolute atomic E-state index is 0.0567. The van der Waals surface area contributed by atoms with Crippen LogP contribution in [0.1, 0.15) is 43.1 Å². The average molecular weight is 499 g/mol. The molecular weight excluding hydrogens is 472 g/mol. The van der Waals surface area contributed by atoms with Crippen molar-refractivity contribution >= 4 is 38.8 Å². The topological polar surface area (TPSA) is 69.2 Å². The first-order valence-corrected chi connectivity index (χ1v) is 11.3. The van der Waals surface area contributed by atoms with E-state index in [-0.39, 0.29) is 12.0 Å². The second kappa shape index (κ2) is 11.0. The molecule has 168 valence electrons. The number of rotatable bonds is 9. The minimum atomic E-state index is -0.357. The quantitative estimate of drug-likeness (QED) is 0.292. The number of nitrogens with zero attached hydrogens (tertiary/aromatic N) is 1. The Morgan fingerprint density at radius 2 is 1.84 bits per heavy atom. The number of carbonyl (C=O) groups is 1. The molecule has 0 unspecified atom stereocenters. The molecule has 32 heavy (non-hydrogen) atoms. The molecule has 0 aliphatic rings. The molecule has 0 aromatic heterocycles. The molecule has 0 aliphatic heterocycles. The number of hydrazone groups is 1. The maximum Gasteiger partial charge on any atom is 0.275 e. The number of hydrogen-bond donors (Lipinski definition) is 1. The van der Waals surface area contributed by atoms with Crippen LogP contribution in [0.2, 0.25) is 0 Å². The van der Waals surface area contributed by atoms with Crippen molar-refractivity contribution in [2.24, 2.45) is 5.10 Å². The van der Waals surface area contributed by atoms with Crippen molar-refractivity contribution in [2.45, 2.75) is 33.3 Å². The molecule has 3 rings (SSSR count). The zero-order valence-electron chi connectivity index (χ0n) is 18.6. The fourth-order valence-electron chi connectivity index (χ4n) is 3.12. The molecule has 0 bridgehead atoms. The lowest BCUT2D eigenvalue weighted by molar-refractivity contribution is 0.0952. The highest BCUT2D eigenvalue weighted by molar-refractivity contribution is 9.10. The van der Waals surface area contributed by atoms with Crippen molar-refractivity contribution in [3.63, 3.8) is 0 Å². The third-order valence-corrected chi connectivity index (χ3v) is 5.51. The highest BCUT2D eigenvalue weighted by Crippen LogP contribution is 2.37. The van der Waals surface area contributed by atoms with Gasteiger partial charge in [-0.3, -0.25) is 4.79 Å². The summed E-state index contributed by atoms with van der Waals surface area (Å²) >= 11 is 3.55. The molecule has 1 atom stereocenters. The smallest absolute Gasteiger partial charge is 0.275 e. The van der Waals surface area contributed by atoms with Gasteiger partial charge in [-0.15, -0.1) is 0 Å². The van der Waals surface area contributed by atoms with Crippen molar-refractivity contribution in [3.05, 3.63) is 64.1 Å².